The molecule has 0 aliphatic carbocycles. The predicted octanol–water partition coefficient (Wildman–Crippen LogP) is 12.0. The Morgan fingerprint density at radius 1 is 0.511 bits per heavy atom. The van der Waals surface area contributed by atoms with Crippen molar-refractivity contribution >= 4 is 11.9 Å². The van der Waals surface area contributed by atoms with Crippen LogP contribution in [0.4, 0.5) is 0 Å². The van der Waals surface area contributed by atoms with Crippen molar-refractivity contribution in [1.82, 2.24) is 4.90 Å². The normalized spacial score (nSPS) is 12.2. The fraction of sp³-hybridized carbons (Fsp3) is 0.950. The van der Waals surface area contributed by atoms with Crippen molar-refractivity contribution in [3.05, 3.63) is 0 Å². The third kappa shape index (κ3) is 31.3. The average molecular weight is 638 g/mol. The summed E-state index contributed by atoms with van der Waals surface area (Å²) in [4.78, 5) is 28.1. The van der Waals surface area contributed by atoms with Crippen molar-refractivity contribution in [3.8, 4) is 0 Å². The fourth-order valence-corrected chi connectivity index (χ4v) is 6.19. The van der Waals surface area contributed by atoms with E-state index in [2.05, 4.69) is 25.7 Å². The van der Waals surface area contributed by atoms with Crippen molar-refractivity contribution in [2.24, 2.45) is 5.92 Å². The zero-order chi connectivity index (χ0) is 33.2. The molecule has 0 heterocycles. The van der Waals surface area contributed by atoms with Gasteiger partial charge < -0.3 is 14.4 Å². The molecule has 0 spiro atoms. The van der Waals surface area contributed by atoms with Gasteiger partial charge in [0.1, 0.15) is 12.7 Å². The molecule has 0 N–H and O–H groups in total. The molecular formula is C40H79NO4. The summed E-state index contributed by atoms with van der Waals surface area (Å²) in [5, 5.41) is 0. The van der Waals surface area contributed by atoms with Crippen molar-refractivity contribution in [2.75, 3.05) is 27.2 Å². The van der Waals surface area contributed by atoms with Gasteiger partial charge in [-0.3, -0.25) is 9.59 Å². The maximum atomic E-state index is 13.3. The summed E-state index contributed by atoms with van der Waals surface area (Å²) in [6, 6.07) is 0. The molecular weight excluding hydrogens is 558 g/mol. The van der Waals surface area contributed by atoms with E-state index in [4.69, 9.17) is 9.47 Å². The van der Waals surface area contributed by atoms with E-state index in [1.54, 1.807) is 0 Å². The van der Waals surface area contributed by atoms with Crippen LogP contribution in [0.1, 0.15) is 207 Å². The van der Waals surface area contributed by atoms with Crippen molar-refractivity contribution in [3.63, 3.8) is 0 Å². The molecule has 0 amide bonds. The number of hydrogen-bond donors (Lipinski definition) is 0. The maximum Gasteiger partial charge on any atom is 0.309 e. The molecule has 0 aliphatic heterocycles. The highest BCUT2D eigenvalue weighted by atomic mass is 16.6. The SMILES string of the molecule is CCCCCCCCCCCCCCC(COC(=O)C(CCCCCCCC)CCCCCCCC)OC(=O)CCCN(C)C. The lowest BCUT2D eigenvalue weighted by atomic mass is 9.94. The molecule has 1 atom stereocenters. The maximum absolute atomic E-state index is 13.3. The van der Waals surface area contributed by atoms with Gasteiger partial charge >= 0.3 is 11.9 Å². The minimum absolute atomic E-state index is 0.0227. The van der Waals surface area contributed by atoms with Crippen molar-refractivity contribution in [2.45, 2.75) is 213 Å². The fourth-order valence-electron chi connectivity index (χ4n) is 6.19. The van der Waals surface area contributed by atoms with Gasteiger partial charge in [0.2, 0.25) is 0 Å². The number of hydrogen-bond acceptors (Lipinski definition) is 5. The van der Waals surface area contributed by atoms with Crippen LogP contribution in [0.2, 0.25) is 0 Å². The Bertz CT molecular complexity index is 622. The van der Waals surface area contributed by atoms with Crippen LogP contribution < -0.4 is 0 Å². The molecule has 0 bridgehead atoms. The second-order valence-corrected chi connectivity index (χ2v) is 14.1. The molecule has 0 radical (unpaired) electrons. The Morgan fingerprint density at radius 3 is 1.29 bits per heavy atom. The number of rotatable bonds is 35. The molecule has 0 aromatic rings. The average Bonchev–Trinajstić information content (AvgIpc) is 3.02. The van der Waals surface area contributed by atoms with E-state index in [1.807, 2.05) is 14.1 Å². The molecule has 5 nitrogen and oxygen atoms in total. The molecule has 0 aliphatic rings. The van der Waals surface area contributed by atoms with Crippen LogP contribution in [0.5, 0.6) is 0 Å². The molecule has 268 valence electrons. The first-order chi connectivity index (χ1) is 21.9. The summed E-state index contributed by atoms with van der Waals surface area (Å²) in [7, 11) is 4.04. The first-order valence-electron chi connectivity index (χ1n) is 19.9. The van der Waals surface area contributed by atoms with E-state index in [0.29, 0.717) is 6.42 Å². The van der Waals surface area contributed by atoms with Crippen LogP contribution in [-0.2, 0) is 19.1 Å². The van der Waals surface area contributed by atoms with Gasteiger partial charge in [0.25, 0.3) is 0 Å². The van der Waals surface area contributed by atoms with Gasteiger partial charge in [0.15, 0.2) is 0 Å². The zero-order valence-electron chi connectivity index (χ0n) is 31.2. The van der Waals surface area contributed by atoms with Gasteiger partial charge in [-0.25, -0.2) is 0 Å². The van der Waals surface area contributed by atoms with E-state index < -0.39 is 0 Å². The van der Waals surface area contributed by atoms with Crippen LogP contribution >= 0.6 is 0 Å². The van der Waals surface area contributed by atoms with Crippen LogP contribution in [0.15, 0.2) is 0 Å². The van der Waals surface area contributed by atoms with E-state index >= 15 is 0 Å². The summed E-state index contributed by atoms with van der Waals surface area (Å²) >= 11 is 0. The van der Waals surface area contributed by atoms with E-state index in [9.17, 15) is 9.59 Å². The molecule has 1 unspecified atom stereocenters. The third-order valence-electron chi connectivity index (χ3n) is 9.22. The molecule has 0 aromatic heterocycles. The van der Waals surface area contributed by atoms with Crippen molar-refractivity contribution in [1.29, 1.82) is 0 Å². The minimum atomic E-state index is -0.326. The van der Waals surface area contributed by atoms with Gasteiger partial charge in [-0.2, -0.15) is 0 Å². The molecule has 5 heteroatoms. The molecule has 45 heavy (non-hydrogen) atoms. The minimum Gasteiger partial charge on any atom is -0.462 e. The number of nitrogens with zero attached hydrogens (tertiary/aromatic N) is 1. The topological polar surface area (TPSA) is 55.8 Å². The molecule has 0 rings (SSSR count). The highest BCUT2D eigenvalue weighted by Gasteiger charge is 2.22. The number of unbranched alkanes of at least 4 members (excludes halogenated alkanes) is 21. The Morgan fingerprint density at radius 2 is 0.889 bits per heavy atom. The van der Waals surface area contributed by atoms with Crippen LogP contribution in [-0.4, -0.2) is 50.2 Å². The van der Waals surface area contributed by atoms with E-state index in [0.717, 1.165) is 57.9 Å². The summed E-state index contributed by atoms with van der Waals surface area (Å²) in [6.45, 7) is 7.85. The van der Waals surface area contributed by atoms with Gasteiger partial charge in [-0.1, -0.05) is 168 Å². The quantitative estimate of drug-likeness (QED) is 0.0511. The Labute approximate surface area is 281 Å². The number of esters is 2. The number of carbonyl (C=O) groups excluding carboxylic acids is 2. The summed E-state index contributed by atoms with van der Waals surface area (Å²) < 4.78 is 11.8. The summed E-state index contributed by atoms with van der Waals surface area (Å²) in [5.74, 6) is -0.251. The lowest BCUT2D eigenvalue weighted by Crippen LogP contribution is -2.28. The first kappa shape index (κ1) is 43.9. The number of ether oxygens (including phenoxy) is 2. The van der Waals surface area contributed by atoms with E-state index in [-0.39, 0.29) is 30.6 Å². The molecule has 0 fully saturated rings. The third-order valence-corrected chi connectivity index (χ3v) is 9.22. The second kappa shape index (κ2) is 34.2. The Kier molecular flexibility index (Phi) is 33.4. The zero-order valence-corrected chi connectivity index (χ0v) is 31.2. The van der Waals surface area contributed by atoms with Gasteiger partial charge in [0.05, 0.1) is 5.92 Å². The molecule has 0 saturated carbocycles. The second-order valence-electron chi connectivity index (χ2n) is 14.1. The predicted molar refractivity (Wildman–Crippen MR) is 194 cm³/mol. The number of carbonyl (C=O) groups is 2. The lowest BCUT2D eigenvalue weighted by Gasteiger charge is -2.21. The molecule has 0 saturated heterocycles. The van der Waals surface area contributed by atoms with E-state index in [1.165, 1.54) is 128 Å². The van der Waals surface area contributed by atoms with Crippen LogP contribution in [0.3, 0.4) is 0 Å². The lowest BCUT2D eigenvalue weighted by molar-refractivity contribution is -0.162. The van der Waals surface area contributed by atoms with Gasteiger partial charge in [0, 0.05) is 6.42 Å². The van der Waals surface area contributed by atoms with Gasteiger partial charge in [-0.15, -0.1) is 0 Å². The first-order valence-corrected chi connectivity index (χ1v) is 19.9. The highest BCUT2D eigenvalue weighted by Crippen LogP contribution is 2.22. The van der Waals surface area contributed by atoms with Crippen LogP contribution in [0.25, 0.3) is 0 Å². The summed E-state index contributed by atoms with van der Waals surface area (Å²) in [6.07, 6.45) is 34.0. The Balaban J connectivity index is 4.74. The monoisotopic (exact) mass is 638 g/mol. The Hall–Kier alpha value is -1.10. The van der Waals surface area contributed by atoms with Gasteiger partial charge in [-0.05, 0) is 52.7 Å². The smallest absolute Gasteiger partial charge is 0.309 e. The summed E-state index contributed by atoms with van der Waals surface area (Å²) in [5.41, 5.74) is 0. The van der Waals surface area contributed by atoms with Crippen LogP contribution in [0, 0.1) is 5.92 Å². The largest absolute Gasteiger partial charge is 0.462 e. The highest BCUT2D eigenvalue weighted by molar-refractivity contribution is 5.72. The standard InChI is InChI=1S/C40H79NO4/c1-6-9-12-15-18-19-20-21-22-23-26-29-33-38(45-39(42)34-30-35-41(4)5)36-44-40(43)37(31-27-24-16-13-10-7-2)32-28-25-17-14-11-8-3/h37-38H,6-36H2,1-5H3. The molecule has 0 aromatic carbocycles. The van der Waals surface area contributed by atoms with Crippen molar-refractivity contribution < 1.29 is 19.1 Å².